The molecule has 0 saturated carbocycles. The molecule has 9 heteroatoms. The van der Waals surface area contributed by atoms with E-state index < -0.39 is 5.91 Å². The number of piperidine rings is 1. The summed E-state index contributed by atoms with van der Waals surface area (Å²) in [6, 6.07) is 4.35. The van der Waals surface area contributed by atoms with Crippen molar-refractivity contribution in [2.75, 3.05) is 18.4 Å². The number of carbonyl (C=O) groups is 1. The van der Waals surface area contributed by atoms with Crippen LogP contribution in [0, 0.1) is 12.7 Å². The number of hydrogen-bond acceptors (Lipinski definition) is 7. The summed E-state index contributed by atoms with van der Waals surface area (Å²) >= 11 is 1.23. The smallest absolute Gasteiger partial charge is 0.259 e. The molecule has 0 spiro atoms. The molecule has 0 unspecified atom stereocenters. The lowest BCUT2D eigenvalue weighted by molar-refractivity contribution is 0.100. The highest BCUT2D eigenvalue weighted by atomic mass is 32.1. The van der Waals surface area contributed by atoms with Crippen LogP contribution in [0.3, 0.4) is 0 Å². The van der Waals surface area contributed by atoms with Gasteiger partial charge in [0.15, 0.2) is 0 Å². The number of thiophene rings is 1. The summed E-state index contributed by atoms with van der Waals surface area (Å²) in [5.41, 5.74) is 6.78. The Balaban J connectivity index is 1.70. The van der Waals surface area contributed by atoms with Gasteiger partial charge in [0, 0.05) is 12.6 Å². The minimum Gasteiger partial charge on any atom is -0.487 e. The largest absolute Gasteiger partial charge is 0.487 e. The maximum atomic E-state index is 13.9. The Morgan fingerprint density at radius 2 is 2.29 bits per heavy atom. The van der Waals surface area contributed by atoms with Crippen molar-refractivity contribution in [3.05, 3.63) is 40.8 Å². The second-order valence-corrected chi connectivity index (χ2v) is 7.67. The molecule has 28 heavy (non-hydrogen) atoms. The number of hydrogen-bond donors (Lipinski definition) is 3. The van der Waals surface area contributed by atoms with E-state index in [0.29, 0.717) is 27.0 Å². The molecule has 1 aromatic carbocycles. The molecule has 4 N–H and O–H groups in total. The number of nitrogens with zero attached hydrogens (tertiary/aromatic N) is 2. The van der Waals surface area contributed by atoms with Crippen LogP contribution >= 0.6 is 11.3 Å². The zero-order valence-corrected chi connectivity index (χ0v) is 16.1. The Morgan fingerprint density at radius 3 is 3.04 bits per heavy atom. The van der Waals surface area contributed by atoms with E-state index in [1.807, 2.05) is 6.92 Å². The molecular formula is C19H20FN5O2S. The van der Waals surface area contributed by atoms with E-state index >= 15 is 0 Å². The predicted octanol–water partition coefficient (Wildman–Crippen LogP) is 3.11. The Morgan fingerprint density at radius 1 is 1.43 bits per heavy atom. The van der Waals surface area contributed by atoms with Gasteiger partial charge in [0.25, 0.3) is 5.91 Å². The molecule has 4 rings (SSSR count). The number of rotatable bonds is 5. The van der Waals surface area contributed by atoms with Gasteiger partial charge in [-0.15, -0.1) is 11.3 Å². The lowest BCUT2D eigenvalue weighted by atomic mass is 10.1. The Kier molecular flexibility index (Phi) is 5.10. The summed E-state index contributed by atoms with van der Waals surface area (Å²) in [4.78, 5) is 21.3. The summed E-state index contributed by atoms with van der Waals surface area (Å²) in [7, 11) is 0. The van der Waals surface area contributed by atoms with Crippen molar-refractivity contribution in [1.82, 2.24) is 15.3 Å². The second-order valence-electron chi connectivity index (χ2n) is 6.67. The summed E-state index contributed by atoms with van der Waals surface area (Å²) in [5, 5.41) is 7.22. The van der Waals surface area contributed by atoms with E-state index in [0.717, 1.165) is 36.9 Å². The fourth-order valence-electron chi connectivity index (χ4n) is 3.33. The number of aryl methyl sites for hydroxylation is 1. The third-order valence-electron chi connectivity index (χ3n) is 4.69. The number of fused-ring (bicyclic) bond motifs is 1. The Labute approximate surface area is 165 Å². The van der Waals surface area contributed by atoms with Gasteiger partial charge < -0.3 is 21.1 Å². The molecule has 7 nitrogen and oxygen atoms in total. The van der Waals surface area contributed by atoms with Crippen LogP contribution < -0.4 is 21.1 Å². The zero-order chi connectivity index (χ0) is 19.7. The number of nitrogens with one attached hydrogen (secondary N) is 2. The van der Waals surface area contributed by atoms with Crippen LogP contribution in [0.4, 0.5) is 15.9 Å². The number of benzene rings is 1. The lowest BCUT2D eigenvalue weighted by Crippen LogP contribution is -2.37. The van der Waals surface area contributed by atoms with Gasteiger partial charge in [-0.05, 0) is 44.0 Å². The number of primary amides is 1. The fraction of sp³-hybridized carbons (Fsp3) is 0.316. The molecule has 0 radical (unpaired) electrons. The third-order valence-corrected chi connectivity index (χ3v) is 5.91. The molecule has 2 aromatic heterocycles. The summed E-state index contributed by atoms with van der Waals surface area (Å²) in [6.07, 6.45) is 3.32. The molecule has 1 saturated heterocycles. The van der Waals surface area contributed by atoms with Gasteiger partial charge in [0.05, 0.1) is 16.0 Å². The van der Waals surface area contributed by atoms with Crippen LogP contribution in [0.25, 0.3) is 10.2 Å². The quantitative estimate of drug-likeness (QED) is 0.607. The first kappa shape index (κ1) is 18.6. The number of nitrogens with two attached hydrogens (primary N) is 1. The van der Waals surface area contributed by atoms with E-state index in [2.05, 4.69) is 20.6 Å². The van der Waals surface area contributed by atoms with E-state index in [4.69, 9.17) is 10.5 Å². The second kappa shape index (κ2) is 7.69. The van der Waals surface area contributed by atoms with Crippen LogP contribution in [0.5, 0.6) is 5.75 Å². The first-order valence-electron chi connectivity index (χ1n) is 9.01. The van der Waals surface area contributed by atoms with Crippen LogP contribution in [-0.2, 0) is 0 Å². The molecule has 1 amide bonds. The van der Waals surface area contributed by atoms with Crippen molar-refractivity contribution in [2.24, 2.45) is 5.73 Å². The number of amides is 1. The molecule has 0 aliphatic carbocycles. The first-order chi connectivity index (χ1) is 13.5. The predicted molar refractivity (Wildman–Crippen MR) is 107 cm³/mol. The van der Waals surface area contributed by atoms with Crippen LogP contribution in [-0.4, -0.2) is 35.1 Å². The van der Waals surface area contributed by atoms with Crippen LogP contribution in [0.15, 0.2) is 24.5 Å². The third kappa shape index (κ3) is 3.63. The number of ether oxygens (including phenoxy) is 1. The van der Waals surface area contributed by atoms with Gasteiger partial charge in [-0.1, -0.05) is 0 Å². The summed E-state index contributed by atoms with van der Waals surface area (Å²) < 4.78 is 19.9. The minimum atomic E-state index is -0.498. The molecular weight excluding hydrogens is 381 g/mol. The summed E-state index contributed by atoms with van der Waals surface area (Å²) in [6.45, 7) is 3.50. The number of anilines is 2. The monoisotopic (exact) mass is 401 g/mol. The van der Waals surface area contributed by atoms with Crippen LogP contribution in [0.1, 0.15) is 28.1 Å². The topological polar surface area (TPSA) is 102 Å². The van der Waals surface area contributed by atoms with E-state index in [1.165, 1.54) is 29.8 Å². The highest BCUT2D eigenvalue weighted by Crippen LogP contribution is 2.36. The van der Waals surface area contributed by atoms with Gasteiger partial charge >= 0.3 is 0 Å². The van der Waals surface area contributed by atoms with Crippen molar-refractivity contribution >= 4 is 39.0 Å². The lowest BCUT2D eigenvalue weighted by Gasteiger charge is -2.25. The van der Waals surface area contributed by atoms with Gasteiger partial charge in [0.2, 0.25) is 0 Å². The van der Waals surface area contributed by atoms with Crippen molar-refractivity contribution in [3.63, 3.8) is 0 Å². The summed E-state index contributed by atoms with van der Waals surface area (Å²) in [5.74, 6) is 0.0647. The van der Waals surface area contributed by atoms with E-state index in [1.54, 1.807) is 6.07 Å². The highest BCUT2D eigenvalue weighted by Gasteiger charge is 2.20. The van der Waals surface area contributed by atoms with Crippen molar-refractivity contribution in [1.29, 1.82) is 0 Å². The van der Waals surface area contributed by atoms with Crippen LogP contribution in [0.2, 0.25) is 0 Å². The molecule has 0 bridgehead atoms. The van der Waals surface area contributed by atoms with E-state index in [-0.39, 0.29) is 11.9 Å². The molecule has 146 valence electrons. The number of aromatic nitrogens is 2. The average molecular weight is 401 g/mol. The average Bonchev–Trinajstić information content (AvgIpc) is 3.03. The van der Waals surface area contributed by atoms with Gasteiger partial charge in [-0.2, -0.15) is 0 Å². The molecule has 3 aromatic rings. The SMILES string of the molecule is Cc1c(C(N)=O)sc2ncnc(Nc3ccc(F)cc3O[C@@H]3CCCNC3)c12. The fourth-order valence-corrected chi connectivity index (χ4v) is 4.33. The van der Waals surface area contributed by atoms with Crippen molar-refractivity contribution in [3.8, 4) is 5.75 Å². The Hall–Kier alpha value is -2.78. The first-order valence-corrected chi connectivity index (χ1v) is 9.82. The van der Waals surface area contributed by atoms with E-state index in [9.17, 15) is 9.18 Å². The molecule has 1 aliphatic heterocycles. The maximum absolute atomic E-state index is 13.9. The normalized spacial score (nSPS) is 16.9. The van der Waals surface area contributed by atoms with Gasteiger partial charge in [-0.25, -0.2) is 14.4 Å². The highest BCUT2D eigenvalue weighted by molar-refractivity contribution is 7.20. The van der Waals surface area contributed by atoms with Gasteiger partial charge in [0.1, 0.15) is 34.6 Å². The maximum Gasteiger partial charge on any atom is 0.259 e. The van der Waals surface area contributed by atoms with Crippen molar-refractivity contribution in [2.45, 2.75) is 25.9 Å². The molecule has 3 heterocycles. The Bertz CT molecular complexity index is 1030. The molecule has 1 fully saturated rings. The number of halogens is 1. The molecule has 1 atom stereocenters. The zero-order valence-electron chi connectivity index (χ0n) is 15.3. The number of carbonyl (C=O) groups excluding carboxylic acids is 1. The molecule has 1 aliphatic rings. The standard InChI is InChI=1S/C19H20FN5O2S/c1-10-15-18(23-9-24-19(15)28-16(10)17(21)26)25-13-5-4-11(20)7-14(13)27-12-3-2-6-22-8-12/h4-5,7,9,12,22H,2-3,6,8H2,1H3,(H2,21,26)(H,23,24,25)/t12-/m1/s1. The minimum absolute atomic E-state index is 0.0223. The van der Waals surface area contributed by atoms with Crippen molar-refractivity contribution < 1.29 is 13.9 Å². The van der Waals surface area contributed by atoms with Gasteiger partial charge in [-0.3, -0.25) is 4.79 Å².